The summed E-state index contributed by atoms with van der Waals surface area (Å²) in [4.78, 5) is 9.84. The number of sulfonamides is 1. The number of hydrogen-bond donors (Lipinski definition) is 1. The SMILES string of the molecule is CCCOc1cc(S(N)(=O)=O)ccc1[N+](=O)[O-]. The van der Waals surface area contributed by atoms with Crippen LogP contribution >= 0.6 is 0 Å². The highest BCUT2D eigenvalue weighted by Crippen LogP contribution is 2.29. The number of nitro groups is 1. The highest BCUT2D eigenvalue weighted by molar-refractivity contribution is 7.89. The van der Waals surface area contributed by atoms with E-state index in [9.17, 15) is 18.5 Å². The fraction of sp³-hybridized carbons (Fsp3) is 0.333. The van der Waals surface area contributed by atoms with E-state index >= 15 is 0 Å². The molecule has 94 valence electrons. The first-order chi connectivity index (χ1) is 7.86. The number of primary sulfonamides is 1. The molecule has 0 bridgehead atoms. The second-order valence-corrected chi connectivity index (χ2v) is 4.84. The van der Waals surface area contributed by atoms with Gasteiger partial charge in [-0.05, 0) is 12.5 Å². The molecule has 0 saturated heterocycles. The van der Waals surface area contributed by atoms with Gasteiger partial charge in [-0.25, -0.2) is 13.6 Å². The Morgan fingerprint density at radius 3 is 2.59 bits per heavy atom. The van der Waals surface area contributed by atoms with Crippen LogP contribution in [0.1, 0.15) is 13.3 Å². The molecule has 0 spiro atoms. The van der Waals surface area contributed by atoms with Crippen molar-refractivity contribution in [2.24, 2.45) is 5.14 Å². The number of nitrogens with two attached hydrogens (primary N) is 1. The highest BCUT2D eigenvalue weighted by Gasteiger charge is 2.19. The van der Waals surface area contributed by atoms with Gasteiger partial charge in [0.1, 0.15) is 0 Å². The van der Waals surface area contributed by atoms with E-state index in [1.807, 2.05) is 6.92 Å². The van der Waals surface area contributed by atoms with E-state index < -0.39 is 14.9 Å². The second kappa shape index (κ2) is 5.11. The quantitative estimate of drug-likeness (QED) is 0.627. The van der Waals surface area contributed by atoms with Crippen molar-refractivity contribution in [3.63, 3.8) is 0 Å². The zero-order valence-electron chi connectivity index (χ0n) is 9.12. The topological polar surface area (TPSA) is 113 Å². The molecule has 2 N–H and O–H groups in total. The molecule has 0 aliphatic carbocycles. The maximum absolute atomic E-state index is 11.1. The van der Waals surface area contributed by atoms with Crippen LogP contribution < -0.4 is 9.88 Å². The lowest BCUT2D eigenvalue weighted by molar-refractivity contribution is -0.385. The molecule has 0 radical (unpaired) electrons. The Labute approximate surface area is 98.4 Å². The molecule has 0 aromatic heterocycles. The molecule has 8 heteroatoms. The predicted octanol–water partition coefficient (Wildman–Crippen LogP) is 1.03. The van der Waals surface area contributed by atoms with Gasteiger partial charge in [-0.2, -0.15) is 0 Å². The molecule has 0 amide bonds. The number of hydrogen-bond acceptors (Lipinski definition) is 5. The van der Waals surface area contributed by atoms with E-state index in [1.54, 1.807) is 0 Å². The van der Waals surface area contributed by atoms with E-state index in [0.29, 0.717) is 6.42 Å². The molecule has 17 heavy (non-hydrogen) atoms. The third-order valence-electron chi connectivity index (χ3n) is 1.92. The largest absolute Gasteiger partial charge is 0.487 e. The summed E-state index contributed by atoms with van der Waals surface area (Å²) in [5.41, 5.74) is -0.286. The molecular weight excluding hydrogens is 248 g/mol. The first kappa shape index (κ1) is 13.4. The summed E-state index contributed by atoms with van der Waals surface area (Å²) in [7, 11) is -3.90. The summed E-state index contributed by atoms with van der Waals surface area (Å²) in [6.07, 6.45) is 0.650. The minimum Gasteiger partial charge on any atom is -0.487 e. The number of ether oxygens (including phenoxy) is 1. The van der Waals surface area contributed by atoms with Crippen molar-refractivity contribution in [1.82, 2.24) is 0 Å². The lowest BCUT2D eigenvalue weighted by Crippen LogP contribution is -2.12. The van der Waals surface area contributed by atoms with E-state index in [0.717, 1.165) is 18.2 Å². The van der Waals surface area contributed by atoms with E-state index in [1.165, 1.54) is 0 Å². The molecule has 0 aliphatic rings. The first-order valence-corrected chi connectivity index (χ1v) is 6.35. The highest BCUT2D eigenvalue weighted by atomic mass is 32.2. The van der Waals surface area contributed by atoms with Crippen LogP contribution in [0.3, 0.4) is 0 Å². The summed E-state index contributed by atoms with van der Waals surface area (Å²) >= 11 is 0. The van der Waals surface area contributed by atoms with Crippen molar-refractivity contribution >= 4 is 15.7 Å². The first-order valence-electron chi connectivity index (χ1n) is 4.80. The summed E-state index contributed by atoms with van der Waals surface area (Å²) in [6, 6.07) is 3.19. The van der Waals surface area contributed by atoms with Gasteiger partial charge in [-0.1, -0.05) is 6.92 Å². The van der Waals surface area contributed by atoms with Crippen LogP contribution in [0.25, 0.3) is 0 Å². The van der Waals surface area contributed by atoms with E-state index in [4.69, 9.17) is 9.88 Å². The molecule has 0 atom stereocenters. The maximum Gasteiger partial charge on any atom is 0.311 e. The van der Waals surface area contributed by atoms with Gasteiger partial charge in [0, 0.05) is 12.1 Å². The standard InChI is InChI=1S/C9H12N2O5S/c1-2-5-16-9-6-7(17(10,14)15)3-4-8(9)11(12)13/h3-4,6H,2,5H2,1H3,(H2,10,14,15). The smallest absolute Gasteiger partial charge is 0.311 e. The zero-order valence-corrected chi connectivity index (χ0v) is 9.94. The van der Waals surface area contributed by atoms with Crippen molar-refractivity contribution in [1.29, 1.82) is 0 Å². The monoisotopic (exact) mass is 260 g/mol. The second-order valence-electron chi connectivity index (χ2n) is 3.28. The van der Waals surface area contributed by atoms with E-state index in [-0.39, 0.29) is 22.9 Å². The van der Waals surface area contributed by atoms with Crippen LogP contribution in [0.15, 0.2) is 23.1 Å². The van der Waals surface area contributed by atoms with Gasteiger partial charge in [-0.15, -0.1) is 0 Å². The third kappa shape index (κ3) is 3.40. The van der Waals surface area contributed by atoms with Gasteiger partial charge in [-0.3, -0.25) is 10.1 Å². The molecule has 1 aromatic rings. The molecule has 0 unspecified atom stereocenters. The minimum absolute atomic E-state index is 0.0941. The fourth-order valence-corrected chi connectivity index (χ4v) is 1.68. The molecule has 0 saturated carbocycles. The Balaban J connectivity index is 3.24. The number of nitrogens with zero attached hydrogens (tertiary/aromatic N) is 1. The molecule has 7 nitrogen and oxygen atoms in total. The summed E-state index contributed by atoms with van der Waals surface area (Å²) < 4.78 is 27.3. The van der Waals surface area contributed by atoms with Gasteiger partial charge >= 0.3 is 5.69 Å². The summed E-state index contributed by atoms with van der Waals surface area (Å²) in [6.45, 7) is 2.09. The van der Waals surface area contributed by atoms with Gasteiger partial charge in [0.25, 0.3) is 0 Å². The maximum atomic E-state index is 11.1. The molecule has 0 fully saturated rings. The van der Waals surface area contributed by atoms with Gasteiger partial charge < -0.3 is 4.74 Å². The normalized spacial score (nSPS) is 11.2. The average molecular weight is 260 g/mol. The van der Waals surface area contributed by atoms with Crippen LogP contribution in [0.2, 0.25) is 0 Å². The lowest BCUT2D eigenvalue weighted by atomic mass is 10.3. The zero-order chi connectivity index (χ0) is 13.1. The number of nitro benzene ring substituents is 1. The molecule has 0 heterocycles. The van der Waals surface area contributed by atoms with Crippen LogP contribution in [0.4, 0.5) is 5.69 Å². The molecule has 0 aliphatic heterocycles. The fourth-order valence-electron chi connectivity index (χ4n) is 1.15. The Morgan fingerprint density at radius 1 is 1.47 bits per heavy atom. The molecular formula is C9H12N2O5S. The number of benzene rings is 1. The van der Waals surface area contributed by atoms with Crippen LogP contribution in [0.5, 0.6) is 5.75 Å². The van der Waals surface area contributed by atoms with Gasteiger partial charge in [0.2, 0.25) is 10.0 Å². The van der Waals surface area contributed by atoms with E-state index in [2.05, 4.69) is 0 Å². The van der Waals surface area contributed by atoms with Crippen LogP contribution in [-0.2, 0) is 10.0 Å². The third-order valence-corrected chi connectivity index (χ3v) is 2.83. The van der Waals surface area contributed by atoms with Gasteiger partial charge in [0.15, 0.2) is 5.75 Å². The Bertz CT molecular complexity index is 526. The minimum atomic E-state index is -3.90. The average Bonchev–Trinajstić information content (AvgIpc) is 2.24. The Morgan fingerprint density at radius 2 is 2.12 bits per heavy atom. The van der Waals surface area contributed by atoms with Crippen LogP contribution in [-0.4, -0.2) is 19.9 Å². The molecule has 1 aromatic carbocycles. The number of rotatable bonds is 5. The lowest BCUT2D eigenvalue weighted by Gasteiger charge is -2.06. The van der Waals surface area contributed by atoms with Crippen molar-refractivity contribution < 1.29 is 18.1 Å². The predicted molar refractivity (Wildman–Crippen MR) is 60.3 cm³/mol. The van der Waals surface area contributed by atoms with Crippen molar-refractivity contribution in [2.75, 3.05) is 6.61 Å². The van der Waals surface area contributed by atoms with Crippen molar-refractivity contribution in [3.8, 4) is 5.75 Å². The van der Waals surface area contributed by atoms with Crippen molar-refractivity contribution in [3.05, 3.63) is 28.3 Å². The molecule has 1 rings (SSSR count). The van der Waals surface area contributed by atoms with Crippen LogP contribution in [0, 0.1) is 10.1 Å². The Kier molecular flexibility index (Phi) is 4.02. The Hall–Kier alpha value is -1.67. The van der Waals surface area contributed by atoms with Crippen molar-refractivity contribution in [2.45, 2.75) is 18.2 Å². The summed E-state index contributed by atoms with van der Waals surface area (Å²) in [5.74, 6) is -0.0941. The summed E-state index contributed by atoms with van der Waals surface area (Å²) in [5, 5.41) is 15.6. The van der Waals surface area contributed by atoms with Gasteiger partial charge in [0.05, 0.1) is 16.4 Å².